The molecule has 1 fully saturated rings. The number of nitrogens with one attached hydrogen (secondary N) is 2. The van der Waals surface area contributed by atoms with Gasteiger partial charge in [0, 0.05) is 31.1 Å². The largest absolute Gasteiger partial charge is 0.378 e. The molecule has 2 heterocycles. The van der Waals surface area contributed by atoms with Crippen LogP contribution in [0.25, 0.3) is 0 Å². The summed E-state index contributed by atoms with van der Waals surface area (Å²) in [5.74, 6) is 8.52. The summed E-state index contributed by atoms with van der Waals surface area (Å²) in [6.45, 7) is 8.04. The Hall–Kier alpha value is -1.40. The summed E-state index contributed by atoms with van der Waals surface area (Å²) in [4.78, 5) is 8.88. The van der Waals surface area contributed by atoms with Crippen LogP contribution in [0.4, 0.5) is 11.6 Å². The van der Waals surface area contributed by atoms with Gasteiger partial charge in [0.1, 0.15) is 17.5 Å². The smallest absolute Gasteiger partial charge is 0.145 e. The number of hydrazine groups is 1. The maximum Gasteiger partial charge on any atom is 0.145 e. The SMILES string of the molecule is CCC1OCCC1CNc1cc(NN)nc(C(C)C)n1. The van der Waals surface area contributed by atoms with Gasteiger partial charge < -0.3 is 15.5 Å². The number of nitrogens with zero attached hydrogens (tertiary/aromatic N) is 2. The van der Waals surface area contributed by atoms with Crippen molar-refractivity contribution < 1.29 is 4.74 Å². The summed E-state index contributed by atoms with van der Waals surface area (Å²) in [5, 5.41) is 3.39. The third-order valence-electron chi connectivity index (χ3n) is 3.70. The number of rotatable bonds is 6. The molecule has 20 heavy (non-hydrogen) atoms. The molecule has 0 aliphatic carbocycles. The van der Waals surface area contributed by atoms with Gasteiger partial charge in [-0.05, 0) is 12.8 Å². The van der Waals surface area contributed by atoms with E-state index in [1.54, 1.807) is 0 Å². The average Bonchev–Trinajstić information content (AvgIpc) is 2.92. The lowest BCUT2D eigenvalue weighted by Crippen LogP contribution is -2.23. The fraction of sp³-hybridized carbons (Fsp3) is 0.714. The predicted molar refractivity (Wildman–Crippen MR) is 80.6 cm³/mol. The van der Waals surface area contributed by atoms with Crippen molar-refractivity contribution in [3.63, 3.8) is 0 Å². The second-order valence-corrected chi connectivity index (χ2v) is 5.54. The van der Waals surface area contributed by atoms with Crippen LogP contribution >= 0.6 is 0 Å². The van der Waals surface area contributed by atoms with Gasteiger partial charge in [-0.25, -0.2) is 15.8 Å². The first-order valence-electron chi connectivity index (χ1n) is 7.35. The Bertz CT molecular complexity index is 438. The molecule has 0 amide bonds. The van der Waals surface area contributed by atoms with Crippen LogP contribution in [0.2, 0.25) is 0 Å². The molecular formula is C14H25N5O. The van der Waals surface area contributed by atoms with Gasteiger partial charge in [0.15, 0.2) is 0 Å². The van der Waals surface area contributed by atoms with Crippen LogP contribution in [0.3, 0.4) is 0 Å². The lowest BCUT2D eigenvalue weighted by molar-refractivity contribution is 0.0900. The van der Waals surface area contributed by atoms with Gasteiger partial charge in [-0.3, -0.25) is 0 Å². The van der Waals surface area contributed by atoms with E-state index in [1.165, 1.54) is 0 Å². The molecule has 6 nitrogen and oxygen atoms in total. The molecule has 0 radical (unpaired) electrons. The normalized spacial score (nSPS) is 22.2. The van der Waals surface area contributed by atoms with Crippen LogP contribution in [0.15, 0.2) is 6.07 Å². The Labute approximate surface area is 120 Å². The lowest BCUT2D eigenvalue weighted by atomic mass is 10.00. The summed E-state index contributed by atoms with van der Waals surface area (Å²) in [5.41, 5.74) is 2.59. The number of hydrogen-bond acceptors (Lipinski definition) is 6. The Kier molecular flexibility index (Phi) is 5.14. The highest BCUT2D eigenvalue weighted by Gasteiger charge is 2.26. The summed E-state index contributed by atoms with van der Waals surface area (Å²) in [6, 6.07) is 1.84. The van der Waals surface area contributed by atoms with E-state index < -0.39 is 0 Å². The molecule has 112 valence electrons. The van der Waals surface area contributed by atoms with Crippen molar-refractivity contribution in [3.8, 4) is 0 Å². The van der Waals surface area contributed by atoms with E-state index in [9.17, 15) is 0 Å². The molecule has 1 aliphatic rings. The molecule has 0 spiro atoms. The Morgan fingerprint density at radius 1 is 1.40 bits per heavy atom. The highest BCUT2D eigenvalue weighted by molar-refractivity contribution is 5.47. The number of ether oxygens (including phenoxy) is 1. The van der Waals surface area contributed by atoms with Crippen molar-refractivity contribution in [3.05, 3.63) is 11.9 Å². The van der Waals surface area contributed by atoms with E-state index >= 15 is 0 Å². The first kappa shape index (κ1) is 15.0. The van der Waals surface area contributed by atoms with Crippen LogP contribution < -0.4 is 16.6 Å². The predicted octanol–water partition coefficient (Wildman–Crippen LogP) is 2.11. The quantitative estimate of drug-likeness (QED) is 0.546. The number of nitrogens with two attached hydrogens (primary N) is 1. The summed E-state index contributed by atoms with van der Waals surface area (Å²) in [7, 11) is 0. The van der Waals surface area contributed by atoms with E-state index in [1.807, 2.05) is 6.07 Å². The van der Waals surface area contributed by atoms with Crippen LogP contribution in [0.5, 0.6) is 0 Å². The first-order valence-corrected chi connectivity index (χ1v) is 7.35. The molecule has 2 rings (SSSR count). The molecule has 2 atom stereocenters. The molecule has 1 aromatic heterocycles. The minimum atomic E-state index is 0.266. The molecule has 4 N–H and O–H groups in total. The van der Waals surface area contributed by atoms with E-state index in [0.717, 1.165) is 37.6 Å². The van der Waals surface area contributed by atoms with E-state index in [4.69, 9.17) is 10.6 Å². The van der Waals surface area contributed by atoms with Crippen molar-refractivity contribution in [2.24, 2.45) is 11.8 Å². The van der Waals surface area contributed by atoms with Crippen LogP contribution in [0, 0.1) is 5.92 Å². The maximum atomic E-state index is 5.70. The van der Waals surface area contributed by atoms with Gasteiger partial charge in [-0.1, -0.05) is 20.8 Å². The fourth-order valence-electron chi connectivity index (χ4n) is 2.50. The molecular weight excluding hydrogens is 254 g/mol. The Morgan fingerprint density at radius 3 is 2.80 bits per heavy atom. The standard InChI is InChI=1S/C14H25N5O/c1-4-11-10(5-6-20-11)8-16-12-7-13(19-15)18-14(17-12)9(2)3/h7,9-11H,4-6,8,15H2,1-3H3,(H2,16,17,18,19). The topological polar surface area (TPSA) is 85.1 Å². The van der Waals surface area contributed by atoms with Crippen molar-refractivity contribution in [1.29, 1.82) is 0 Å². The van der Waals surface area contributed by atoms with E-state index in [0.29, 0.717) is 17.8 Å². The number of aromatic nitrogens is 2. The number of nitrogen functional groups attached to an aromatic ring is 1. The molecule has 1 aliphatic heterocycles. The third kappa shape index (κ3) is 3.58. The molecule has 0 bridgehead atoms. The van der Waals surface area contributed by atoms with Crippen molar-refractivity contribution in [2.75, 3.05) is 23.9 Å². The van der Waals surface area contributed by atoms with Gasteiger partial charge in [0.2, 0.25) is 0 Å². The molecule has 0 aromatic carbocycles. The highest BCUT2D eigenvalue weighted by atomic mass is 16.5. The lowest BCUT2D eigenvalue weighted by Gasteiger charge is -2.18. The van der Waals surface area contributed by atoms with Gasteiger partial charge >= 0.3 is 0 Å². The first-order chi connectivity index (χ1) is 9.63. The van der Waals surface area contributed by atoms with Gasteiger partial charge in [-0.15, -0.1) is 0 Å². The molecule has 0 saturated carbocycles. The summed E-state index contributed by atoms with van der Waals surface area (Å²) in [6.07, 6.45) is 2.53. The highest BCUT2D eigenvalue weighted by Crippen LogP contribution is 2.24. The van der Waals surface area contributed by atoms with E-state index in [2.05, 4.69) is 41.5 Å². The third-order valence-corrected chi connectivity index (χ3v) is 3.70. The van der Waals surface area contributed by atoms with Crippen LogP contribution in [-0.4, -0.2) is 29.2 Å². The van der Waals surface area contributed by atoms with Crippen molar-refractivity contribution in [2.45, 2.75) is 45.6 Å². The average molecular weight is 279 g/mol. The number of hydrogen-bond donors (Lipinski definition) is 3. The van der Waals surface area contributed by atoms with Gasteiger partial charge in [0.25, 0.3) is 0 Å². The van der Waals surface area contributed by atoms with E-state index in [-0.39, 0.29) is 5.92 Å². The fourth-order valence-corrected chi connectivity index (χ4v) is 2.50. The molecule has 6 heteroatoms. The van der Waals surface area contributed by atoms with Gasteiger partial charge in [0.05, 0.1) is 6.10 Å². The zero-order valence-electron chi connectivity index (χ0n) is 12.5. The van der Waals surface area contributed by atoms with Gasteiger partial charge in [-0.2, -0.15) is 0 Å². The van der Waals surface area contributed by atoms with Crippen LogP contribution in [-0.2, 0) is 4.74 Å². The second kappa shape index (κ2) is 6.85. The Morgan fingerprint density at radius 2 is 2.15 bits per heavy atom. The summed E-state index contributed by atoms with van der Waals surface area (Å²) >= 11 is 0. The zero-order valence-corrected chi connectivity index (χ0v) is 12.5. The zero-order chi connectivity index (χ0) is 14.5. The van der Waals surface area contributed by atoms with Crippen LogP contribution in [0.1, 0.15) is 45.4 Å². The molecule has 1 saturated heterocycles. The maximum absolute atomic E-state index is 5.70. The van der Waals surface area contributed by atoms with Crippen molar-refractivity contribution >= 4 is 11.6 Å². The minimum Gasteiger partial charge on any atom is -0.378 e. The number of anilines is 2. The molecule has 1 aromatic rings. The second-order valence-electron chi connectivity index (χ2n) is 5.54. The van der Waals surface area contributed by atoms with Crippen molar-refractivity contribution in [1.82, 2.24) is 9.97 Å². The minimum absolute atomic E-state index is 0.266. The molecule has 2 unspecified atom stereocenters. The summed E-state index contributed by atoms with van der Waals surface area (Å²) < 4.78 is 5.70. The Balaban J connectivity index is 2.03. The monoisotopic (exact) mass is 279 g/mol.